The quantitative estimate of drug-likeness (QED) is 0.684. The Hall–Kier alpha value is -1.06. The van der Waals surface area contributed by atoms with Crippen molar-refractivity contribution in [1.82, 2.24) is 5.32 Å². The highest BCUT2D eigenvalue weighted by molar-refractivity contribution is 5.29. The number of methoxy groups -OCH3 is 2. The first kappa shape index (κ1) is 15.0. The monoisotopic (exact) mass is 251 g/mol. The van der Waals surface area contributed by atoms with E-state index in [9.17, 15) is 0 Å². The molecule has 1 atom stereocenters. The topological polar surface area (TPSA) is 30.5 Å². The molecule has 0 spiro atoms. The first-order valence-corrected chi connectivity index (χ1v) is 6.68. The van der Waals surface area contributed by atoms with Gasteiger partial charge in [-0.3, -0.25) is 0 Å². The van der Waals surface area contributed by atoms with Crippen molar-refractivity contribution < 1.29 is 9.47 Å². The van der Waals surface area contributed by atoms with Crippen LogP contribution in [0.5, 0.6) is 5.75 Å². The number of hydrogen-bond donors (Lipinski definition) is 1. The summed E-state index contributed by atoms with van der Waals surface area (Å²) in [5.41, 5.74) is 1.32. The van der Waals surface area contributed by atoms with Crippen molar-refractivity contribution >= 4 is 0 Å². The molecule has 0 aromatic heterocycles. The summed E-state index contributed by atoms with van der Waals surface area (Å²) >= 11 is 0. The van der Waals surface area contributed by atoms with Crippen molar-refractivity contribution in [2.75, 3.05) is 27.4 Å². The lowest BCUT2D eigenvalue weighted by Gasteiger charge is -2.17. The molecule has 3 nitrogen and oxygen atoms in total. The molecule has 3 heteroatoms. The molecule has 1 unspecified atom stereocenters. The van der Waals surface area contributed by atoms with Crippen molar-refractivity contribution in [2.45, 2.75) is 32.2 Å². The smallest absolute Gasteiger partial charge is 0.118 e. The zero-order chi connectivity index (χ0) is 13.2. The van der Waals surface area contributed by atoms with Gasteiger partial charge in [-0.1, -0.05) is 19.1 Å². The minimum Gasteiger partial charge on any atom is -0.497 e. The van der Waals surface area contributed by atoms with E-state index < -0.39 is 0 Å². The summed E-state index contributed by atoms with van der Waals surface area (Å²) in [4.78, 5) is 0. The van der Waals surface area contributed by atoms with Crippen LogP contribution in [0.15, 0.2) is 24.3 Å². The van der Waals surface area contributed by atoms with Crippen LogP contribution in [-0.2, 0) is 4.74 Å². The Morgan fingerprint density at radius 1 is 1.11 bits per heavy atom. The van der Waals surface area contributed by atoms with Gasteiger partial charge in [0.05, 0.1) is 7.11 Å². The van der Waals surface area contributed by atoms with Gasteiger partial charge in [-0.05, 0) is 43.5 Å². The largest absolute Gasteiger partial charge is 0.497 e. The molecule has 0 bridgehead atoms. The van der Waals surface area contributed by atoms with Gasteiger partial charge in [0.15, 0.2) is 0 Å². The highest BCUT2D eigenvalue weighted by atomic mass is 16.5. The molecule has 0 radical (unpaired) electrons. The van der Waals surface area contributed by atoms with Crippen molar-refractivity contribution in [3.8, 4) is 5.75 Å². The van der Waals surface area contributed by atoms with Gasteiger partial charge in [0.1, 0.15) is 5.75 Å². The molecule has 0 fully saturated rings. The Bertz CT molecular complexity index is 311. The van der Waals surface area contributed by atoms with Gasteiger partial charge in [0.2, 0.25) is 0 Å². The van der Waals surface area contributed by atoms with Crippen LogP contribution in [0.3, 0.4) is 0 Å². The van der Waals surface area contributed by atoms with Gasteiger partial charge in [-0.2, -0.15) is 0 Å². The van der Waals surface area contributed by atoms with E-state index in [4.69, 9.17) is 9.47 Å². The minimum atomic E-state index is 0.429. The molecule has 0 aliphatic rings. The lowest BCUT2D eigenvalue weighted by atomic mass is 10.0. The number of ether oxygens (including phenoxy) is 2. The third kappa shape index (κ3) is 5.07. The predicted octanol–water partition coefficient (Wildman–Crippen LogP) is 3.16. The Morgan fingerprint density at radius 3 is 2.39 bits per heavy atom. The lowest BCUT2D eigenvalue weighted by Crippen LogP contribution is -2.22. The standard InChI is InChI=1S/C15H25NO2/c1-4-15(16-11-5-6-12-17-2)13-7-9-14(18-3)10-8-13/h7-10,15-16H,4-6,11-12H2,1-3H3. The summed E-state index contributed by atoms with van der Waals surface area (Å²) in [7, 11) is 3.44. The van der Waals surface area contributed by atoms with Crippen molar-refractivity contribution in [1.29, 1.82) is 0 Å². The molecule has 0 heterocycles. The van der Waals surface area contributed by atoms with E-state index in [-0.39, 0.29) is 0 Å². The van der Waals surface area contributed by atoms with Crippen molar-refractivity contribution in [3.63, 3.8) is 0 Å². The van der Waals surface area contributed by atoms with E-state index in [0.29, 0.717) is 6.04 Å². The number of benzene rings is 1. The van der Waals surface area contributed by atoms with E-state index in [1.54, 1.807) is 14.2 Å². The zero-order valence-electron chi connectivity index (χ0n) is 11.7. The summed E-state index contributed by atoms with van der Waals surface area (Å²) in [5.74, 6) is 0.911. The van der Waals surface area contributed by atoms with Gasteiger partial charge in [-0.15, -0.1) is 0 Å². The van der Waals surface area contributed by atoms with Crippen LogP contribution in [0.1, 0.15) is 37.8 Å². The fourth-order valence-corrected chi connectivity index (χ4v) is 1.98. The Kier molecular flexibility index (Phi) is 7.46. The van der Waals surface area contributed by atoms with Crippen LogP contribution in [-0.4, -0.2) is 27.4 Å². The Balaban J connectivity index is 2.39. The normalized spacial score (nSPS) is 12.4. The van der Waals surface area contributed by atoms with E-state index in [2.05, 4.69) is 24.4 Å². The van der Waals surface area contributed by atoms with Gasteiger partial charge >= 0.3 is 0 Å². The summed E-state index contributed by atoms with van der Waals surface area (Å²) in [6.07, 6.45) is 3.36. The van der Waals surface area contributed by atoms with E-state index in [0.717, 1.165) is 38.2 Å². The van der Waals surface area contributed by atoms with Crippen LogP contribution in [0, 0.1) is 0 Å². The number of unbranched alkanes of at least 4 members (excludes halogenated alkanes) is 1. The molecule has 0 saturated carbocycles. The second kappa shape index (κ2) is 8.95. The third-order valence-electron chi connectivity index (χ3n) is 3.09. The van der Waals surface area contributed by atoms with Crippen LogP contribution in [0.2, 0.25) is 0 Å². The number of hydrogen-bond acceptors (Lipinski definition) is 3. The van der Waals surface area contributed by atoms with Crippen LogP contribution in [0.25, 0.3) is 0 Å². The third-order valence-corrected chi connectivity index (χ3v) is 3.09. The van der Waals surface area contributed by atoms with Crippen molar-refractivity contribution in [2.24, 2.45) is 0 Å². The highest BCUT2D eigenvalue weighted by Gasteiger charge is 2.07. The van der Waals surface area contributed by atoms with E-state index in [1.165, 1.54) is 5.56 Å². The SMILES string of the molecule is CCC(NCCCCOC)c1ccc(OC)cc1. The number of rotatable bonds is 9. The van der Waals surface area contributed by atoms with Gasteiger partial charge in [0, 0.05) is 19.8 Å². The maximum atomic E-state index is 5.17. The molecular weight excluding hydrogens is 226 g/mol. The molecule has 1 aromatic carbocycles. The van der Waals surface area contributed by atoms with Crippen LogP contribution in [0.4, 0.5) is 0 Å². The van der Waals surface area contributed by atoms with Crippen LogP contribution >= 0.6 is 0 Å². The fraction of sp³-hybridized carbons (Fsp3) is 0.600. The summed E-state index contributed by atoms with van der Waals surface area (Å²) in [5, 5.41) is 3.59. The van der Waals surface area contributed by atoms with Crippen molar-refractivity contribution in [3.05, 3.63) is 29.8 Å². The van der Waals surface area contributed by atoms with Gasteiger partial charge in [-0.25, -0.2) is 0 Å². The first-order chi connectivity index (χ1) is 8.81. The zero-order valence-corrected chi connectivity index (χ0v) is 11.7. The second-order valence-corrected chi connectivity index (χ2v) is 4.39. The molecule has 0 saturated heterocycles. The molecule has 0 aliphatic heterocycles. The minimum absolute atomic E-state index is 0.429. The molecule has 0 amide bonds. The molecule has 1 N–H and O–H groups in total. The van der Waals surface area contributed by atoms with Crippen LogP contribution < -0.4 is 10.1 Å². The molecule has 1 aromatic rings. The molecule has 102 valence electrons. The average molecular weight is 251 g/mol. The maximum absolute atomic E-state index is 5.17. The predicted molar refractivity (Wildman–Crippen MR) is 75.1 cm³/mol. The second-order valence-electron chi connectivity index (χ2n) is 4.39. The molecular formula is C15H25NO2. The molecule has 18 heavy (non-hydrogen) atoms. The first-order valence-electron chi connectivity index (χ1n) is 6.68. The number of nitrogens with one attached hydrogen (secondary N) is 1. The highest BCUT2D eigenvalue weighted by Crippen LogP contribution is 2.19. The van der Waals surface area contributed by atoms with Gasteiger partial charge in [0.25, 0.3) is 0 Å². The molecule has 0 aliphatic carbocycles. The maximum Gasteiger partial charge on any atom is 0.118 e. The average Bonchev–Trinajstić information content (AvgIpc) is 2.43. The molecule has 1 rings (SSSR count). The van der Waals surface area contributed by atoms with E-state index >= 15 is 0 Å². The Labute approximate surface area is 110 Å². The van der Waals surface area contributed by atoms with Gasteiger partial charge < -0.3 is 14.8 Å². The summed E-state index contributed by atoms with van der Waals surface area (Å²) < 4.78 is 10.2. The summed E-state index contributed by atoms with van der Waals surface area (Å²) in [6, 6.07) is 8.73. The summed E-state index contributed by atoms with van der Waals surface area (Å²) in [6.45, 7) is 4.09. The Morgan fingerprint density at radius 2 is 1.83 bits per heavy atom. The van der Waals surface area contributed by atoms with E-state index in [1.807, 2.05) is 12.1 Å². The lowest BCUT2D eigenvalue weighted by molar-refractivity contribution is 0.192. The fourth-order valence-electron chi connectivity index (χ4n) is 1.98.